The van der Waals surface area contributed by atoms with Gasteiger partial charge < -0.3 is 19.7 Å². The number of nitrogens with one attached hydrogen (secondary N) is 1. The molecule has 3 rings (SSSR count). The van der Waals surface area contributed by atoms with E-state index in [2.05, 4.69) is 12.2 Å². The lowest BCUT2D eigenvalue weighted by Crippen LogP contribution is -2.39. The molecule has 0 spiro atoms. The lowest BCUT2D eigenvalue weighted by molar-refractivity contribution is -0.121. The van der Waals surface area contributed by atoms with Gasteiger partial charge in [-0.2, -0.15) is 0 Å². The van der Waals surface area contributed by atoms with E-state index in [0.29, 0.717) is 29.4 Å². The predicted molar refractivity (Wildman–Crippen MR) is 114 cm³/mol. The minimum atomic E-state index is -0.258. The number of benzene rings is 2. The first-order chi connectivity index (χ1) is 14.0. The lowest BCUT2D eigenvalue weighted by Gasteiger charge is -2.29. The first-order valence-corrected chi connectivity index (χ1v) is 10.1. The quantitative estimate of drug-likeness (QED) is 0.678. The number of hydrogen-bond donors (Lipinski definition) is 1. The van der Waals surface area contributed by atoms with Crippen LogP contribution in [-0.4, -0.2) is 31.6 Å². The molecule has 0 aliphatic carbocycles. The molecule has 6 nitrogen and oxygen atoms in total. The van der Waals surface area contributed by atoms with Crippen LogP contribution in [0.3, 0.4) is 0 Å². The van der Waals surface area contributed by atoms with E-state index in [0.717, 1.165) is 30.4 Å². The maximum atomic E-state index is 12.4. The third-order valence-electron chi connectivity index (χ3n) is 5.08. The van der Waals surface area contributed by atoms with E-state index in [-0.39, 0.29) is 25.0 Å². The van der Waals surface area contributed by atoms with Gasteiger partial charge in [-0.3, -0.25) is 9.59 Å². The fraction of sp³-hybridized carbons (Fsp3) is 0.391. The van der Waals surface area contributed by atoms with E-state index < -0.39 is 0 Å². The number of nitrogens with zero attached hydrogens (tertiary/aromatic N) is 1. The van der Waals surface area contributed by atoms with Gasteiger partial charge in [0.25, 0.3) is 11.8 Å². The number of fused-ring (bicyclic) bond motifs is 1. The van der Waals surface area contributed by atoms with Crippen molar-refractivity contribution in [1.29, 1.82) is 0 Å². The number of carbonyl (C=O) groups is 2. The number of carbonyl (C=O) groups excluding carboxylic acids is 2. The Balaban J connectivity index is 1.66. The zero-order chi connectivity index (χ0) is 20.8. The van der Waals surface area contributed by atoms with Crippen molar-refractivity contribution in [2.45, 2.75) is 40.0 Å². The van der Waals surface area contributed by atoms with Crippen LogP contribution in [0.25, 0.3) is 0 Å². The third-order valence-corrected chi connectivity index (χ3v) is 5.08. The van der Waals surface area contributed by atoms with E-state index in [9.17, 15) is 9.59 Å². The van der Waals surface area contributed by atoms with Crippen LogP contribution in [0.2, 0.25) is 0 Å². The van der Waals surface area contributed by atoms with Crippen molar-refractivity contribution in [3.63, 3.8) is 0 Å². The smallest absolute Gasteiger partial charge is 0.265 e. The molecule has 0 saturated heterocycles. The molecule has 2 amide bonds. The fourth-order valence-electron chi connectivity index (χ4n) is 3.27. The Labute approximate surface area is 171 Å². The summed E-state index contributed by atoms with van der Waals surface area (Å²) in [4.78, 5) is 26.4. The van der Waals surface area contributed by atoms with Gasteiger partial charge in [0.1, 0.15) is 11.5 Å². The average molecular weight is 396 g/mol. The fourth-order valence-corrected chi connectivity index (χ4v) is 3.27. The number of anilines is 2. The van der Waals surface area contributed by atoms with Crippen molar-refractivity contribution < 1.29 is 19.1 Å². The maximum absolute atomic E-state index is 12.4. The minimum absolute atomic E-state index is 0.0501. The molecule has 0 fully saturated rings. The Hall–Kier alpha value is -3.02. The van der Waals surface area contributed by atoms with Gasteiger partial charge in [-0.05, 0) is 55.7 Å². The number of hydrogen-bond acceptors (Lipinski definition) is 4. The molecule has 1 heterocycles. The van der Waals surface area contributed by atoms with Crippen LogP contribution in [-0.2, 0) is 9.59 Å². The van der Waals surface area contributed by atoms with Crippen LogP contribution in [0, 0.1) is 13.8 Å². The summed E-state index contributed by atoms with van der Waals surface area (Å²) in [6, 6.07) is 11.1. The van der Waals surface area contributed by atoms with E-state index in [4.69, 9.17) is 9.47 Å². The van der Waals surface area contributed by atoms with Crippen LogP contribution < -0.4 is 19.7 Å². The summed E-state index contributed by atoms with van der Waals surface area (Å²) in [6.07, 6.45) is 3.08. The van der Waals surface area contributed by atoms with Gasteiger partial charge in [0, 0.05) is 12.2 Å². The van der Waals surface area contributed by atoms with Gasteiger partial charge in [-0.15, -0.1) is 0 Å². The standard InChI is InChI=1S/C23H28N2O4/c1-4-5-6-12-25-19-13-18(10-11-21(19)29-15-23(25)27)24-22(26)14-28-20-9-7-8-16(2)17(20)3/h7-11,13H,4-6,12,14-15H2,1-3H3,(H,24,26). The maximum Gasteiger partial charge on any atom is 0.265 e. The van der Waals surface area contributed by atoms with Gasteiger partial charge in [-0.25, -0.2) is 0 Å². The topological polar surface area (TPSA) is 67.9 Å². The Morgan fingerprint density at radius 1 is 1.21 bits per heavy atom. The monoisotopic (exact) mass is 396 g/mol. The van der Waals surface area contributed by atoms with Gasteiger partial charge >= 0.3 is 0 Å². The molecule has 1 aliphatic heterocycles. The predicted octanol–water partition coefficient (Wildman–Crippen LogP) is 4.24. The average Bonchev–Trinajstić information content (AvgIpc) is 2.71. The molecule has 0 saturated carbocycles. The van der Waals surface area contributed by atoms with E-state index >= 15 is 0 Å². The molecule has 0 aromatic heterocycles. The Morgan fingerprint density at radius 2 is 2.03 bits per heavy atom. The third kappa shape index (κ3) is 5.08. The van der Waals surface area contributed by atoms with Crippen LogP contribution in [0.5, 0.6) is 11.5 Å². The Morgan fingerprint density at radius 3 is 2.83 bits per heavy atom. The molecule has 0 unspecified atom stereocenters. The molecular weight excluding hydrogens is 368 g/mol. The highest BCUT2D eigenvalue weighted by atomic mass is 16.5. The van der Waals surface area contributed by atoms with Gasteiger partial charge in [-0.1, -0.05) is 31.9 Å². The molecule has 1 aliphatic rings. The highest BCUT2D eigenvalue weighted by Crippen LogP contribution is 2.34. The highest BCUT2D eigenvalue weighted by Gasteiger charge is 2.25. The summed E-state index contributed by atoms with van der Waals surface area (Å²) in [6.45, 7) is 6.71. The van der Waals surface area contributed by atoms with Crippen LogP contribution in [0.4, 0.5) is 11.4 Å². The lowest BCUT2D eigenvalue weighted by atomic mass is 10.1. The molecular formula is C23H28N2O4. The SMILES string of the molecule is CCCCCN1C(=O)COc2ccc(NC(=O)COc3cccc(C)c3C)cc21. The van der Waals surface area contributed by atoms with Crippen molar-refractivity contribution in [3.8, 4) is 11.5 Å². The van der Waals surface area contributed by atoms with Gasteiger partial charge in [0.2, 0.25) is 0 Å². The largest absolute Gasteiger partial charge is 0.483 e. The summed E-state index contributed by atoms with van der Waals surface area (Å²) in [5.74, 6) is 1.04. The molecule has 2 aromatic carbocycles. The highest BCUT2D eigenvalue weighted by molar-refractivity contribution is 5.99. The summed E-state index contributed by atoms with van der Waals surface area (Å²) >= 11 is 0. The number of ether oxygens (including phenoxy) is 2. The van der Waals surface area contributed by atoms with Crippen molar-refractivity contribution >= 4 is 23.2 Å². The Kier molecular flexibility index (Phi) is 6.75. The van der Waals surface area contributed by atoms with Crippen molar-refractivity contribution in [3.05, 3.63) is 47.5 Å². The molecule has 0 bridgehead atoms. The second-order valence-electron chi connectivity index (χ2n) is 7.26. The van der Waals surface area contributed by atoms with E-state index in [1.807, 2.05) is 32.0 Å². The van der Waals surface area contributed by atoms with Crippen LogP contribution in [0.1, 0.15) is 37.3 Å². The summed E-state index contributed by atoms with van der Waals surface area (Å²) in [5.41, 5.74) is 3.44. The minimum Gasteiger partial charge on any atom is -0.483 e. The number of unbranched alkanes of at least 4 members (excludes halogenated alkanes) is 2. The zero-order valence-corrected chi connectivity index (χ0v) is 17.3. The second-order valence-corrected chi connectivity index (χ2v) is 7.26. The van der Waals surface area contributed by atoms with Gasteiger partial charge in [0.05, 0.1) is 5.69 Å². The van der Waals surface area contributed by atoms with Crippen molar-refractivity contribution in [2.75, 3.05) is 30.0 Å². The zero-order valence-electron chi connectivity index (χ0n) is 17.3. The first-order valence-electron chi connectivity index (χ1n) is 10.1. The number of aryl methyl sites for hydroxylation is 1. The number of rotatable bonds is 8. The molecule has 154 valence electrons. The van der Waals surface area contributed by atoms with Crippen molar-refractivity contribution in [1.82, 2.24) is 0 Å². The summed E-state index contributed by atoms with van der Waals surface area (Å²) in [7, 11) is 0. The molecule has 2 aromatic rings. The van der Waals surface area contributed by atoms with Crippen LogP contribution >= 0.6 is 0 Å². The molecule has 0 radical (unpaired) electrons. The van der Waals surface area contributed by atoms with Gasteiger partial charge in [0.15, 0.2) is 13.2 Å². The second kappa shape index (κ2) is 9.45. The van der Waals surface area contributed by atoms with E-state index in [1.54, 1.807) is 23.1 Å². The molecule has 29 heavy (non-hydrogen) atoms. The molecule has 1 N–H and O–H groups in total. The molecule has 0 atom stereocenters. The molecule has 6 heteroatoms. The van der Waals surface area contributed by atoms with E-state index in [1.165, 1.54) is 0 Å². The van der Waals surface area contributed by atoms with Crippen molar-refractivity contribution in [2.24, 2.45) is 0 Å². The Bertz CT molecular complexity index is 894. The summed E-state index contributed by atoms with van der Waals surface area (Å²) < 4.78 is 11.2. The summed E-state index contributed by atoms with van der Waals surface area (Å²) in [5, 5.41) is 2.84. The van der Waals surface area contributed by atoms with Crippen LogP contribution in [0.15, 0.2) is 36.4 Å². The number of amides is 2. The normalized spacial score (nSPS) is 12.9. The first kappa shape index (κ1) is 20.7.